The first-order valence-corrected chi connectivity index (χ1v) is 17.5. The van der Waals surface area contributed by atoms with Crippen LogP contribution in [0.25, 0.3) is 10.9 Å². The molecule has 3 aliphatic rings. The van der Waals surface area contributed by atoms with Crippen LogP contribution in [0.4, 0.5) is 4.79 Å². The zero-order valence-corrected chi connectivity index (χ0v) is 29.1. The van der Waals surface area contributed by atoms with Crippen LogP contribution in [-0.2, 0) is 20.7 Å². The number of likely N-dealkylation sites (tertiary alicyclic amines) is 1. The standard InChI is InChI=1S/C30H27Cl2N3O4.C7H15NO2/c31-20-3-8-23(9-4-20)39-30(37)35-16-13-25-26-17-21(32)5-10-27(26)33-28(25)29(35)19-1-6-22(7-2-19)38-24-11-14-34(18-36)15-12-24;1-9-5-2-8-3-6-10-7-4-8/h1-10,17-18,24,29,33H,11-16H2;2-7H2,1H3. The summed E-state index contributed by atoms with van der Waals surface area (Å²) >= 11 is 12.3. The third-order valence-corrected chi connectivity index (χ3v) is 9.67. The van der Waals surface area contributed by atoms with Gasteiger partial charge in [-0.05, 0) is 72.1 Å². The number of H-pyrrole nitrogens is 1. The van der Waals surface area contributed by atoms with Crippen molar-refractivity contribution in [1.29, 1.82) is 0 Å². The highest BCUT2D eigenvalue weighted by Gasteiger charge is 2.36. The molecule has 10 nitrogen and oxygen atoms in total. The summed E-state index contributed by atoms with van der Waals surface area (Å²) < 4.78 is 22.1. The van der Waals surface area contributed by atoms with Crippen LogP contribution in [0, 0.1) is 0 Å². The largest absolute Gasteiger partial charge is 0.490 e. The van der Waals surface area contributed by atoms with Crippen LogP contribution < -0.4 is 9.47 Å². The van der Waals surface area contributed by atoms with E-state index in [0.717, 1.165) is 92.2 Å². The van der Waals surface area contributed by atoms with E-state index < -0.39 is 6.09 Å². The number of carbonyl (C=O) groups excluding carboxylic acids is 2. The fraction of sp³-hybridized carbons (Fsp3) is 0.405. The Kier molecular flexibility index (Phi) is 12.0. The van der Waals surface area contributed by atoms with Gasteiger partial charge in [-0.3, -0.25) is 14.6 Å². The zero-order valence-electron chi connectivity index (χ0n) is 27.6. The van der Waals surface area contributed by atoms with Gasteiger partial charge < -0.3 is 28.8 Å². The number of aromatic amines is 1. The van der Waals surface area contributed by atoms with Crippen LogP contribution in [0.1, 0.15) is 35.7 Å². The highest BCUT2D eigenvalue weighted by molar-refractivity contribution is 6.31. The number of methoxy groups -OCH3 is 1. The van der Waals surface area contributed by atoms with Crippen molar-refractivity contribution in [2.75, 3.05) is 66.2 Å². The van der Waals surface area contributed by atoms with Crippen LogP contribution in [0.3, 0.4) is 0 Å². The van der Waals surface area contributed by atoms with E-state index in [0.29, 0.717) is 41.8 Å². The molecule has 1 N–H and O–H groups in total. The highest BCUT2D eigenvalue weighted by atomic mass is 35.5. The van der Waals surface area contributed by atoms with Crippen LogP contribution >= 0.6 is 23.2 Å². The van der Waals surface area contributed by atoms with Crippen molar-refractivity contribution in [1.82, 2.24) is 19.7 Å². The summed E-state index contributed by atoms with van der Waals surface area (Å²) in [6.07, 6.45) is 2.79. The van der Waals surface area contributed by atoms with Crippen molar-refractivity contribution in [3.63, 3.8) is 0 Å². The number of morpholine rings is 1. The van der Waals surface area contributed by atoms with Gasteiger partial charge in [0.25, 0.3) is 0 Å². The van der Waals surface area contributed by atoms with Crippen molar-refractivity contribution in [2.45, 2.75) is 31.4 Å². The molecule has 0 spiro atoms. The number of ether oxygens (including phenoxy) is 4. The van der Waals surface area contributed by atoms with E-state index in [1.165, 1.54) is 0 Å². The number of piperidine rings is 1. The van der Waals surface area contributed by atoms with E-state index in [4.69, 9.17) is 42.1 Å². The summed E-state index contributed by atoms with van der Waals surface area (Å²) in [4.78, 5) is 33.9. The molecular weight excluding hydrogens is 667 g/mol. The number of fused-ring (bicyclic) bond motifs is 3. The Balaban J connectivity index is 0.000000359. The second-order valence-electron chi connectivity index (χ2n) is 12.3. The molecule has 0 bridgehead atoms. The lowest BCUT2D eigenvalue weighted by molar-refractivity contribution is -0.119. The Morgan fingerprint density at radius 2 is 1.61 bits per heavy atom. The molecule has 1 unspecified atom stereocenters. The Bertz CT molecular complexity index is 1690. The number of nitrogens with one attached hydrogen (secondary N) is 1. The molecule has 2 saturated heterocycles. The maximum atomic E-state index is 13.5. The number of aromatic nitrogens is 1. The lowest BCUT2D eigenvalue weighted by atomic mass is 9.92. The van der Waals surface area contributed by atoms with Crippen molar-refractivity contribution in [3.8, 4) is 11.5 Å². The van der Waals surface area contributed by atoms with Crippen molar-refractivity contribution < 1.29 is 28.5 Å². The second kappa shape index (κ2) is 16.7. The van der Waals surface area contributed by atoms with Crippen molar-refractivity contribution >= 4 is 46.6 Å². The molecule has 12 heteroatoms. The SMILES string of the molecule is COCCN1CCOCC1.O=CN1CCC(Oc2ccc(C3c4[nH]c5ccc(Cl)cc5c4CCN3C(=O)Oc3ccc(Cl)cc3)cc2)CC1. The van der Waals surface area contributed by atoms with E-state index in [9.17, 15) is 9.59 Å². The summed E-state index contributed by atoms with van der Waals surface area (Å²) in [5.74, 6) is 1.19. The highest BCUT2D eigenvalue weighted by Crippen LogP contribution is 2.40. The molecule has 1 aromatic heterocycles. The van der Waals surface area contributed by atoms with Gasteiger partial charge in [-0.25, -0.2) is 4.79 Å². The molecule has 2 fully saturated rings. The van der Waals surface area contributed by atoms with Crippen LogP contribution in [-0.4, -0.2) is 104 Å². The number of halogens is 2. The number of carbonyl (C=O) groups is 2. The molecule has 2 amide bonds. The van der Waals surface area contributed by atoms with Gasteiger partial charge in [0.05, 0.1) is 19.8 Å². The fourth-order valence-electron chi connectivity index (χ4n) is 6.53. The van der Waals surface area contributed by atoms with E-state index in [1.54, 1.807) is 41.2 Å². The van der Waals surface area contributed by atoms with Gasteiger partial charge in [-0.15, -0.1) is 0 Å². The number of hydrogen-bond acceptors (Lipinski definition) is 7. The summed E-state index contributed by atoms with van der Waals surface area (Å²) in [6.45, 7) is 7.63. The lowest BCUT2D eigenvalue weighted by Crippen LogP contribution is -2.42. The quantitative estimate of drug-likeness (QED) is 0.207. The van der Waals surface area contributed by atoms with Gasteiger partial charge in [0, 0.05) is 85.9 Å². The minimum atomic E-state index is -0.438. The van der Waals surface area contributed by atoms with E-state index in [-0.39, 0.29) is 12.1 Å². The monoisotopic (exact) mass is 708 g/mol. The molecule has 3 aromatic carbocycles. The molecule has 7 rings (SSSR count). The van der Waals surface area contributed by atoms with Crippen molar-refractivity contribution in [3.05, 3.63) is 93.6 Å². The van der Waals surface area contributed by atoms with Crippen molar-refractivity contribution in [2.24, 2.45) is 0 Å². The molecule has 1 atom stereocenters. The van der Waals surface area contributed by atoms with E-state index in [2.05, 4.69) is 9.88 Å². The van der Waals surface area contributed by atoms with Gasteiger partial charge in [-0.2, -0.15) is 0 Å². The molecule has 3 aliphatic heterocycles. The van der Waals surface area contributed by atoms with Gasteiger partial charge in [-0.1, -0.05) is 35.3 Å². The van der Waals surface area contributed by atoms with E-state index in [1.807, 2.05) is 42.5 Å². The molecule has 0 radical (unpaired) electrons. The Morgan fingerprint density at radius 3 is 2.31 bits per heavy atom. The average Bonchev–Trinajstić information content (AvgIpc) is 3.50. The molecule has 0 saturated carbocycles. The number of benzene rings is 3. The maximum Gasteiger partial charge on any atom is 0.416 e. The van der Waals surface area contributed by atoms with Crippen LogP contribution in [0.5, 0.6) is 11.5 Å². The Labute approximate surface area is 296 Å². The fourth-order valence-corrected chi connectivity index (χ4v) is 6.83. The minimum Gasteiger partial charge on any atom is -0.490 e. The van der Waals surface area contributed by atoms with Gasteiger partial charge in [0.15, 0.2) is 0 Å². The number of amides is 2. The first kappa shape index (κ1) is 35.0. The topological polar surface area (TPSA) is 96.6 Å². The Hall–Kier alpha value is -3.80. The normalized spacial score (nSPS) is 18.4. The second-order valence-corrected chi connectivity index (χ2v) is 13.2. The maximum absolute atomic E-state index is 13.5. The van der Waals surface area contributed by atoms with Gasteiger partial charge in [0.2, 0.25) is 6.41 Å². The van der Waals surface area contributed by atoms with Gasteiger partial charge >= 0.3 is 6.09 Å². The first-order chi connectivity index (χ1) is 23.9. The minimum absolute atomic E-state index is 0.0673. The summed E-state index contributed by atoms with van der Waals surface area (Å²) in [5, 5.41) is 2.31. The third kappa shape index (κ3) is 8.87. The molecule has 0 aliphatic carbocycles. The van der Waals surface area contributed by atoms with Crippen LogP contribution in [0.15, 0.2) is 66.7 Å². The molecule has 4 heterocycles. The molecular formula is C37H42Cl2N4O6. The molecule has 260 valence electrons. The zero-order chi connectivity index (χ0) is 34.2. The third-order valence-electron chi connectivity index (χ3n) is 9.18. The molecule has 4 aromatic rings. The predicted molar refractivity (Wildman–Crippen MR) is 190 cm³/mol. The summed E-state index contributed by atoms with van der Waals surface area (Å²) in [7, 11) is 1.74. The summed E-state index contributed by atoms with van der Waals surface area (Å²) in [5.41, 5.74) is 4.01. The lowest BCUT2D eigenvalue weighted by Gasteiger charge is -2.35. The first-order valence-electron chi connectivity index (χ1n) is 16.7. The number of nitrogens with zero attached hydrogens (tertiary/aromatic N) is 3. The average molecular weight is 710 g/mol. The number of rotatable bonds is 8. The summed E-state index contributed by atoms with van der Waals surface area (Å²) in [6, 6.07) is 20.0. The predicted octanol–water partition coefficient (Wildman–Crippen LogP) is 6.59. The van der Waals surface area contributed by atoms with Gasteiger partial charge in [0.1, 0.15) is 23.6 Å². The van der Waals surface area contributed by atoms with E-state index >= 15 is 0 Å². The molecule has 49 heavy (non-hydrogen) atoms. The van der Waals surface area contributed by atoms with Crippen LogP contribution in [0.2, 0.25) is 10.0 Å². The Morgan fingerprint density at radius 1 is 0.918 bits per heavy atom. The number of hydrogen-bond donors (Lipinski definition) is 1. The smallest absolute Gasteiger partial charge is 0.416 e.